The van der Waals surface area contributed by atoms with Crippen LogP contribution in [-0.2, 0) is 19.4 Å². The third kappa shape index (κ3) is 2.93. The van der Waals surface area contributed by atoms with E-state index in [9.17, 15) is 0 Å². The van der Waals surface area contributed by atoms with Crippen LogP contribution in [-0.4, -0.2) is 33.6 Å². The minimum Gasteiger partial charge on any atom is -0.332 e. The van der Waals surface area contributed by atoms with Gasteiger partial charge in [0.15, 0.2) is 0 Å². The molecule has 1 aromatic heterocycles. The van der Waals surface area contributed by atoms with E-state index in [0.717, 1.165) is 11.8 Å². The molecule has 1 aromatic rings. The average molecular weight is 275 g/mol. The van der Waals surface area contributed by atoms with E-state index in [4.69, 9.17) is 4.98 Å². The Morgan fingerprint density at radius 1 is 1.20 bits per heavy atom. The Bertz CT molecular complexity index is 441. The largest absolute Gasteiger partial charge is 0.332 e. The van der Waals surface area contributed by atoms with Gasteiger partial charge in [0.1, 0.15) is 5.82 Å². The van der Waals surface area contributed by atoms with Crippen molar-refractivity contribution in [3.8, 4) is 0 Å². The summed E-state index contributed by atoms with van der Waals surface area (Å²) in [6.07, 6.45) is 8.56. The quantitative estimate of drug-likeness (QED) is 0.845. The van der Waals surface area contributed by atoms with Crippen LogP contribution in [0.1, 0.15) is 51.6 Å². The van der Waals surface area contributed by atoms with E-state index in [-0.39, 0.29) is 0 Å². The molecule has 3 heteroatoms. The van der Waals surface area contributed by atoms with Crippen LogP contribution in [0.5, 0.6) is 0 Å². The van der Waals surface area contributed by atoms with E-state index in [0.29, 0.717) is 6.04 Å². The summed E-state index contributed by atoms with van der Waals surface area (Å²) in [5.74, 6) is 3.03. The van der Waals surface area contributed by atoms with Gasteiger partial charge < -0.3 is 9.47 Å². The highest BCUT2D eigenvalue weighted by molar-refractivity contribution is 5.09. The van der Waals surface area contributed by atoms with Gasteiger partial charge in [-0.1, -0.05) is 6.92 Å². The first kappa shape index (κ1) is 14.1. The molecule has 2 aliphatic heterocycles. The SMILES string of the molecule is CC1CCn2c(cnc2CC2CCN(C(C)C)CC2)C1. The molecule has 3 rings (SSSR count). The van der Waals surface area contributed by atoms with Crippen molar-refractivity contribution >= 4 is 0 Å². The molecule has 0 spiro atoms. The maximum atomic E-state index is 4.73. The summed E-state index contributed by atoms with van der Waals surface area (Å²) in [5.41, 5.74) is 1.47. The number of aromatic nitrogens is 2. The lowest BCUT2D eigenvalue weighted by Gasteiger charge is -2.34. The van der Waals surface area contributed by atoms with Gasteiger partial charge in [-0.3, -0.25) is 0 Å². The molecular weight excluding hydrogens is 246 g/mol. The van der Waals surface area contributed by atoms with E-state index < -0.39 is 0 Å². The van der Waals surface area contributed by atoms with Gasteiger partial charge in [0.2, 0.25) is 0 Å². The predicted molar refractivity (Wildman–Crippen MR) is 82.8 cm³/mol. The zero-order chi connectivity index (χ0) is 14.1. The molecule has 0 aliphatic carbocycles. The molecule has 0 amide bonds. The number of fused-ring (bicyclic) bond motifs is 1. The average Bonchev–Trinajstić information content (AvgIpc) is 2.81. The first-order valence-electron chi connectivity index (χ1n) is 8.40. The lowest BCUT2D eigenvalue weighted by Crippen LogP contribution is -2.39. The number of imidazole rings is 1. The van der Waals surface area contributed by atoms with E-state index in [1.807, 2.05) is 0 Å². The number of rotatable bonds is 3. The highest BCUT2D eigenvalue weighted by atomic mass is 15.1. The molecule has 1 unspecified atom stereocenters. The fourth-order valence-electron chi connectivity index (χ4n) is 3.79. The summed E-state index contributed by atoms with van der Waals surface area (Å²) in [7, 11) is 0. The summed E-state index contributed by atoms with van der Waals surface area (Å²) in [6.45, 7) is 10.7. The molecule has 0 N–H and O–H groups in total. The minimum absolute atomic E-state index is 0.705. The summed E-state index contributed by atoms with van der Waals surface area (Å²) in [4.78, 5) is 7.34. The minimum atomic E-state index is 0.705. The van der Waals surface area contributed by atoms with Gasteiger partial charge in [0.05, 0.1) is 0 Å². The van der Waals surface area contributed by atoms with E-state index in [1.54, 1.807) is 0 Å². The van der Waals surface area contributed by atoms with Crippen LogP contribution < -0.4 is 0 Å². The number of hydrogen-bond acceptors (Lipinski definition) is 2. The van der Waals surface area contributed by atoms with Gasteiger partial charge in [-0.05, 0) is 64.5 Å². The van der Waals surface area contributed by atoms with Crippen LogP contribution in [0.25, 0.3) is 0 Å². The molecule has 0 aromatic carbocycles. The molecule has 20 heavy (non-hydrogen) atoms. The highest BCUT2D eigenvalue weighted by Crippen LogP contribution is 2.26. The molecule has 3 heterocycles. The van der Waals surface area contributed by atoms with Crippen molar-refractivity contribution in [2.75, 3.05) is 13.1 Å². The Morgan fingerprint density at radius 2 is 1.95 bits per heavy atom. The maximum Gasteiger partial charge on any atom is 0.109 e. The van der Waals surface area contributed by atoms with Gasteiger partial charge in [-0.2, -0.15) is 0 Å². The Balaban J connectivity index is 1.60. The molecule has 0 radical (unpaired) electrons. The molecule has 112 valence electrons. The molecule has 1 saturated heterocycles. The summed E-state index contributed by atoms with van der Waals surface area (Å²) in [6, 6.07) is 0.705. The van der Waals surface area contributed by atoms with Crippen molar-refractivity contribution in [3.05, 3.63) is 17.7 Å². The molecule has 0 bridgehead atoms. The smallest absolute Gasteiger partial charge is 0.109 e. The van der Waals surface area contributed by atoms with E-state index >= 15 is 0 Å². The zero-order valence-electron chi connectivity index (χ0n) is 13.3. The Morgan fingerprint density at radius 3 is 2.65 bits per heavy atom. The topological polar surface area (TPSA) is 21.1 Å². The third-order valence-corrected chi connectivity index (χ3v) is 5.27. The molecular formula is C17H29N3. The second-order valence-electron chi connectivity index (χ2n) is 7.19. The zero-order valence-corrected chi connectivity index (χ0v) is 13.3. The van der Waals surface area contributed by atoms with Gasteiger partial charge in [0.25, 0.3) is 0 Å². The van der Waals surface area contributed by atoms with Crippen molar-refractivity contribution in [3.63, 3.8) is 0 Å². The molecule has 3 nitrogen and oxygen atoms in total. The summed E-state index contributed by atoms with van der Waals surface area (Å²) >= 11 is 0. The van der Waals surface area contributed by atoms with Gasteiger partial charge in [0, 0.05) is 30.9 Å². The molecule has 0 saturated carbocycles. The Hall–Kier alpha value is -0.830. The van der Waals surface area contributed by atoms with Gasteiger partial charge in [-0.25, -0.2) is 4.98 Å². The van der Waals surface area contributed by atoms with Crippen molar-refractivity contribution in [1.29, 1.82) is 0 Å². The predicted octanol–water partition coefficient (Wildman–Crippen LogP) is 3.13. The first-order valence-corrected chi connectivity index (χ1v) is 8.40. The van der Waals surface area contributed by atoms with Crippen LogP contribution in [0.15, 0.2) is 6.20 Å². The second kappa shape index (κ2) is 5.88. The van der Waals surface area contributed by atoms with Crippen LogP contribution in [0.2, 0.25) is 0 Å². The number of hydrogen-bond donors (Lipinski definition) is 0. The van der Waals surface area contributed by atoms with E-state index in [2.05, 4.69) is 36.4 Å². The van der Waals surface area contributed by atoms with Crippen LogP contribution >= 0.6 is 0 Å². The van der Waals surface area contributed by atoms with Gasteiger partial charge >= 0.3 is 0 Å². The van der Waals surface area contributed by atoms with Crippen molar-refractivity contribution < 1.29 is 0 Å². The normalized spacial score (nSPS) is 25.1. The molecule has 2 aliphatic rings. The number of piperidine rings is 1. The van der Waals surface area contributed by atoms with Crippen LogP contribution in [0, 0.1) is 11.8 Å². The molecule has 1 fully saturated rings. The fraction of sp³-hybridized carbons (Fsp3) is 0.824. The van der Waals surface area contributed by atoms with Crippen LogP contribution in [0.3, 0.4) is 0 Å². The van der Waals surface area contributed by atoms with Crippen LogP contribution in [0.4, 0.5) is 0 Å². The molecule has 1 atom stereocenters. The fourth-order valence-corrected chi connectivity index (χ4v) is 3.79. The Kier molecular flexibility index (Phi) is 4.16. The standard InChI is InChI=1S/C17H29N3/c1-13(2)19-7-5-15(6-8-19)11-17-18-12-16-10-14(3)4-9-20(16)17/h12-15H,4-11H2,1-3H3. The number of nitrogens with zero attached hydrogens (tertiary/aromatic N) is 3. The second-order valence-corrected chi connectivity index (χ2v) is 7.19. The van der Waals surface area contributed by atoms with Crippen molar-refractivity contribution in [2.45, 2.75) is 65.5 Å². The van der Waals surface area contributed by atoms with Crippen molar-refractivity contribution in [2.24, 2.45) is 11.8 Å². The summed E-state index contributed by atoms with van der Waals surface area (Å²) < 4.78 is 2.51. The highest BCUT2D eigenvalue weighted by Gasteiger charge is 2.24. The van der Waals surface area contributed by atoms with Gasteiger partial charge in [-0.15, -0.1) is 0 Å². The monoisotopic (exact) mass is 275 g/mol. The lowest BCUT2D eigenvalue weighted by atomic mass is 9.92. The van der Waals surface area contributed by atoms with Crippen molar-refractivity contribution in [1.82, 2.24) is 14.5 Å². The lowest BCUT2D eigenvalue weighted by molar-refractivity contribution is 0.148. The number of likely N-dealkylation sites (tertiary alicyclic amines) is 1. The first-order chi connectivity index (χ1) is 9.63. The third-order valence-electron chi connectivity index (χ3n) is 5.27. The summed E-state index contributed by atoms with van der Waals surface area (Å²) in [5, 5.41) is 0. The maximum absolute atomic E-state index is 4.73. The van der Waals surface area contributed by atoms with E-state index in [1.165, 1.54) is 63.3 Å². The Labute approximate surface area is 123 Å².